The molecule has 1 unspecified atom stereocenters. The van der Waals surface area contributed by atoms with Gasteiger partial charge in [-0.1, -0.05) is 30.1 Å². The van der Waals surface area contributed by atoms with E-state index in [1.807, 2.05) is 0 Å². The van der Waals surface area contributed by atoms with Crippen LogP contribution in [-0.4, -0.2) is 37.0 Å². The first-order valence-electron chi connectivity index (χ1n) is 6.76. The number of hydrogen-bond acceptors (Lipinski definition) is 3. The van der Waals surface area contributed by atoms with Crippen LogP contribution in [0.2, 0.25) is 10.0 Å². The van der Waals surface area contributed by atoms with Crippen molar-refractivity contribution in [2.24, 2.45) is 5.92 Å². The van der Waals surface area contributed by atoms with Gasteiger partial charge in [-0.15, -0.1) is 0 Å². The molecule has 1 atom stereocenters. The highest BCUT2D eigenvalue weighted by molar-refractivity contribution is 6.44. The number of benzene rings is 1. The summed E-state index contributed by atoms with van der Waals surface area (Å²) in [6.07, 6.45) is 1.11. The smallest absolute Gasteiger partial charge is 0.252 e. The van der Waals surface area contributed by atoms with E-state index >= 15 is 0 Å². The van der Waals surface area contributed by atoms with Crippen LogP contribution in [0.5, 0.6) is 0 Å². The number of rotatable bonds is 4. The zero-order valence-corrected chi connectivity index (χ0v) is 13.0. The zero-order valence-electron chi connectivity index (χ0n) is 11.5. The van der Waals surface area contributed by atoms with Crippen LogP contribution in [0.4, 0.5) is 5.69 Å². The fourth-order valence-electron chi connectivity index (χ4n) is 2.47. The lowest BCUT2D eigenvalue weighted by Crippen LogP contribution is -2.31. The molecule has 6 heteroatoms. The zero-order chi connectivity index (χ0) is 14.7. The van der Waals surface area contributed by atoms with Crippen molar-refractivity contribution in [2.45, 2.75) is 13.3 Å². The molecule has 2 rings (SSSR count). The number of hydrogen-bond donors (Lipinski definition) is 2. The molecule has 20 heavy (non-hydrogen) atoms. The van der Waals surface area contributed by atoms with E-state index in [9.17, 15) is 4.79 Å². The van der Waals surface area contributed by atoms with E-state index < -0.39 is 0 Å². The van der Waals surface area contributed by atoms with Crippen molar-refractivity contribution in [1.82, 2.24) is 10.2 Å². The monoisotopic (exact) mass is 315 g/mol. The minimum atomic E-state index is -0.223. The molecule has 1 fully saturated rings. The molecule has 0 bridgehead atoms. The van der Waals surface area contributed by atoms with Crippen LogP contribution in [-0.2, 0) is 0 Å². The largest absolute Gasteiger partial charge is 0.399 e. The van der Waals surface area contributed by atoms with Crippen LogP contribution in [0.25, 0.3) is 0 Å². The molecule has 1 heterocycles. The first-order chi connectivity index (χ1) is 9.51. The van der Waals surface area contributed by atoms with Gasteiger partial charge >= 0.3 is 0 Å². The van der Waals surface area contributed by atoms with E-state index in [2.05, 4.69) is 17.1 Å². The predicted octanol–water partition coefficient (Wildman–Crippen LogP) is 2.65. The molecule has 1 aromatic carbocycles. The molecule has 1 aliphatic heterocycles. The van der Waals surface area contributed by atoms with Gasteiger partial charge in [-0.25, -0.2) is 0 Å². The Morgan fingerprint density at radius 2 is 2.25 bits per heavy atom. The summed E-state index contributed by atoms with van der Waals surface area (Å²) in [7, 11) is 0. The van der Waals surface area contributed by atoms with Crippen LogP contribution >= 0.6 is 23.2 Å². The topological polar surface area (TPSA) is 58.4 Å². The second-order valence-electron chi connectivity index (χ2n) is 5.12. The first-order valence-corrected chi connectivity index (χ1v) is 7.52. The summed E-state index contributed by atoms with van der Waals surface area (Å²) in [6.45, 7) is 5.98. The third-order valence-corrected chi connectivity index (χ3v) is 4.47. The van der Waals surface area contributed by atoms with Gasteiger partial charge in [0.15, 0.2) is 0 Å². The maximum Gasteiger partial charge on any atom is 0.252 e. The van der Waals surface area contributed by atoms with Gasteiger partial charge in [0.2, 0.25) is 0 Å². The average molecular weight is 316 g/mol. The Balaban J connectivity index is 1.96. The van der Waals surface area contributed by atoms with Gasteiger partial charge in [0.05, 0.1) is 15.6 Å². The molecule has 0 aromatic heterocycles. The van der Waals surface area contributed by atoms with Gasteiger partial charge in [-0.05, 0) is 37.6 Å². The molecular weight excluding hydrogens is 297 g/mol. The summed E-state index contributed by atoms with van der Waals surface area (Å²) in [5.74, 6) is 0.272. The minimum Gasteiger partial charge on any atom is -0.399 e. The third kappa shape index (κ3) is 3.57. The summed E-state index contributed by atoms with van der Waals surface area (Å²) in [5.41, 5.74) is 6.46. The number of halogens is 2. The number of carbonyl (C=O) groups excluding carboxylic acids is 1. The maximum absolute atomic E-state index is 12.2. The van der Waals surface area contributed by atoms with Crippen molar-refractivity contribution >= 4 is 34.8 Å². The standard InChI is InChI=1S/C14H19Cl2N3O/c1-2-19-4-3-9(8-19)7-18-14(20)11-5-10(17)6-12(15)13(11)16/h5-6,9H,2-4,7-8,17H2,1H3,(H,18,20). The van der Waals surface area contributed by atoms with E-state index in [-0.39, 0.29) is 10.9 Å². The second kappa shape index (κ2) is 6.66. The normalized spacial score (nSPS) is 19.2. The van der Waals surface area contributed by atoms with Crippen LogP contribution in [0.15, 0.2) is 12.1 Å². The predicted molar refractivity (Wildman–Crippen MR) is 83.4 cm³/mol. The number of likely N-dealkylation sites (tertiary alicyclic amines) is 1. The lowest BCUT2D eigenvalue weighted by atomic mass is 10.1. The quantitative estimate of drug-likeness (QED) is 0.840. The molecular formula is C14H19Cl2N3O. The molecule has 4 nitrogen and oxygen atoms in total. The number of amides is 1. The summed E-state index contributed by atoms with van der Waals surface area (Å²) >= 11 is 12.0. The SMILES string of the molecule is CCN1CCC(CNC(=O)c2cc(N)cc(Cl)c2Cl)C1. The maximum atomic E-state index is 12.2. The Morgan fingerprint density at radius 1 is 1.50 bits per heavy atom. The number of nitrogen functional groups attached to an aromatic ring is 1. The highest BCUT2D eigenvalue weighted by Crippen LogP contribution is 2.28. The number of nitrogens with one attached hydrogen (secondary N) is 1. The summed E-state index contributed by atoms with van der Waals surface area (Å²) in [4.78, 5) is 14.5. The van der Waals surface area contributed by atoms with Crippen molar-refractivity contribution < 1.29 is 4.79 Å². The molecule has 1 amide bonds. The molecule has 1 saturated heterocycles. The molecule has 0 aliphatic carbocycles. The van der Waals surface area contributed by atoms with Gasteiger partial charge < -0.3 is 16.0 Å². The lowest BCUT2D eigenvalue weighted by Gasteiger charge is -2.14. The van der Waals surface area contributed by atoms with Crippen molar-refractivity contribution in [3.8, 4) is 0 Å². The highest BCUT2D eigenvalue weighted by atomic mass is 35.5. The molecule has 3 N–H and O–H groups in total. The number of carbonyl (C=O) groups is 1. The Kier molecular flexibility index (Phi) is 5.13. The van der Waals surface area contributed by atoms with Crippen LogP contribution in [0, 0.1) is 5.92 Å². The van der Waals surface area contributed by atoms with Crippen LogP contribution < -0.4 is 11.1 Å². The molecule has 0 spiro atoms. The Labute approximate surface area is 129 Å². The van der Waals surface area contributed by atoms with E-state index in [1.165, 1.54) is 6.07 Å². The fourth-order valence-corrected chi connectivity index (χ4v) is 2.90. The Hall–Kier alpha value is -0.970. The molecule has 0 radical (unpaired) electrons. The second-order valence-corrected chi connectivity index (χ2v) is 5.91. The van der Waals surface area contributed by atoms with Gasteiger partial charge in [0.25, 0.3) is 5.91 Å². The van der Waals surface area contributed by atoms with Crippen molar-refractivity contribution in [1.29, 1.82) is 0 Å². The van der Waals surface area contributed by atoms with Gasteiger partial charge in [0.1, 0.15) is 0 Å². The number of nitrogens with two attached hydrogens (primary N) is 1. The summed E-state index contributed by atoms with van der Waals surface area (Å²) in [5, 5.41) is 3.47. The summed E-state index contributed by atoms with van der Waals surface area (Å²) < 4.78 is 0. The lowest BCUT2D eigenvalue weighted by molar-refractivity contribution is 0.0947. The van der Waals surface area contributed by atoms with E-state index in [4.69, 9.17) is 28.9 Å². The average Bonchev–Trinajstić information content (AvgIpc) is 2.88. The molecule has 1 aromatic rings. The van der Waals surface area contributed by atoms with Gasteiger partial charge in [-0.2, -0.15) is 0 Å². The van der Waals surface area contributed by atoms with Crippen molar-refractivity contribution in [2.75, 3.05) is 31.9 Å². The van der Waals surface area contributed by atoms with Crippen LogP contribution in [0.3, 0.4) is 0 Å². The van der Waals surface area contributed by atoms with Gasteiger partial charge in [0, 0.05) is 18.8 Å². The van der Waals surface area contributed by atoms with E-state index in [1.54, 1.807) is 6.07 Å². The summed E-state index contributed by atoms with van der Waals surface area (Å²) in [6, 6.07) is 3.09. The number of anilines is 1. The molecule has 1 aliphatic rings. The van der Waals surface area contributed by atoms with Crippen molar-refractivity contribution in [3.05, 3.63) is 27.7 Å². The Bertz CT molecular complexity index is 507. The van der Waals surface area contributed by atoms with Crippen LogP contribution in [0.1, 0.15) is 23.7 Å². The Morgan fingerprint density at radius 3 is 2.90 bits per heavy atom. The molecule has 110 valence electrons. The fraction of sp³-hybridized carbons (Fsp3) is 0.500. The highest BCUT2D eigenvalue weighted by Gasteiger charge is 2.22. The van der Waals surface area contributed by atoms with E-state index in [0.29, 0.717) is 28.7 Å². The third-order valence-electron chi connectivity index (χ3n) is 3.66. The van der Waals surface area contributed by atoms with E-state index in [0.717, 1.165) is 26.1 Å². The number of nitrogens with zero attached hydrogens (tertiary/aromatic N) is 1. The van der Waals surface area contributed by atoms with Crippen molar-refractivity contribution in [3.63, 3.8) is 0 Å². The van der Waals surface area contributed by atoms with Gasteiger partial charge in [-0.3, -0.25) is 4.79 Å². The first kappa shape index (κ1) is 15.4. The minimum absolute atomic E-state index is 0.223. The molecule has 0 saturated carbocycles.